The van der Waals surface area contributed by atoms with Gasteiger partial charge in [-0.15, -0.1) is 5.10 Å². The van der Waals surface area contributed by atoms with E-state index in [9.17, 15) is 0 Å². The zero-order valence-corrected chi connectivity index (χ0v) is 13.3. The fraction of sp³-hybridized carbons (Fsp3) is 0.176. The van der Waals surface area contributed by atoms with E-state index in [4.69, 9.17) is 9.47 Å². The number of rotatable bonds is 4. The average Bonchev–Trinajstić information content (AvgIpc) is 2.62. The first kappa shape index (κ1) is 14.7. The maximum atomic E-state index is 5.17. The molecule has 1 aliphatic rings. The Labute approximate surface area is 133 Å². The summed E-state index contributed by atoms with van der Waals surface area (Å²) in [5, 5.41) is 9.65. The molecule has 1 heterocycles. The van der Waals surface area contributed by atoms with Gasteiger partial charge in [0.2, 0.25) is 0 Å². The van der Waals surface area contributed by atoms with Gasteiger partial charge in [0.1, 0.15) is 16.5 Å². The van der Waals surface area contributed by atoms with Crippen molar-refractivity contribution in [2.45, 2.75) is 0 Å². The van der Waals surface area contributed by atoms with Crippen molar-refractivity contribution in [3.63, 3.8) is 0 Å². The number of methoxy groups -OCH3 is 2. The van der Waals surface area contributed by atoms with Crippen LogP contribution in [-0.2, 0) is 0 Å². The van der Waals surface area contributed by atoms with Crippen molar-refractivity contribution >= 4 is 22.5 Å². The van der Waals surface area contributed by atoms with Crippen LogP contribution in [0.1, 0.15) is 11.1 Å². The number of hydrogen-bond acceptors (Lipinski definition) is 5. The Morgan fingerprint density at radius 1 is 0.773 bits per heavy atom. The van der Waals surface area contributed by atoms with Crippen LogP contribution in [-0.4, -0.2) is 30.7 Å². The summed E-state index contributed by atoms with van der Waals surface area (Å²) in [4.78, 5) is 0. The molecule has 22 heavy (non-hydrogen) atoms. The fourth-order valence-corrected chi connectivity index (χ4v) is 3.00. The third-order valence-corrected chi connectivity index (χ3v) is 4.38. The van der Waals surface area contributed by atoms with E-state index in [1.54, 1.807) is 26.0 Å². The smallest absolute Gasteiger partial charge is 0.126 e. The topological polar surface area (TPSA) is 43.2 Å². The molecule has 1 aliphatic heterocycles. The summed E-state index contributed by atoms with van der Waals surface area (Å²) < 4.78 is 10.3. The Hall–Kier alpha value is -2.27. The minimum atomic E-state index is 0.803. The summed E-state index contributed by atoms with van der Waals surface area (Å²) in [5.74, 6) is 2.49. The van der Waals surface area contributed by atoms with Gasteiger partial charge in [0.25, 0.3) is 0 Å². The largest absolute Gasteiger partial charge is 0.497 e. The SMILES string of the molecule is COc1ccc(C2=NN=C(c3ccc(OC)cc3)SC2)cc1. The molecular weight excluding hydrogens is 296 g/mol. The highest BCUT2D eigenvalue weighted by Crippen LogP contribution is 2.23. The van der Waals surface area contributed by atoms with Gasteiger partial charge >= 0.3 is 0 Å². The van der Waals surface area contributed by atoms with Crippen molar-refractivity contribution in [1.29, 1.82) is 0 Å². The van der Waals surface area contributed by atoms with Gasteiger partial charge in [-0.3, -0.25) is 0 Å². The van der Waals surface area contributed by atoms with Gasteiger partial charge in [-0.1, -0.05) is 11.8 Å². The van der Waals surface area contributed by atoms with Crippen LogP contribution >= 0.6 is 11.8 Å². The van der Waals surface area contributed by atoms with Crippen molar-refractivity contribution in [2.75, 3.05) is 20.0 Å². The summed E-state index contributed by atoms with van der Waals surface area (Å²) >= 11 is 1.69. The predicted octanol–water partition coefficient (Wildman–Crippen LogP) is 3.60. The number of nitrogens with zero attached hydrogens (tertiary/aromatic N) is 2. The van der Waals surface area contributed by atoms with Crippen molar-refractivity contribution in [3.8, 4) is 11.5 Å². The molecule has 0 fully saturated rings. The van der Waals surface area contributed by atoms with Gasteiger partial charge in [-0.2, -0.15) is 5.10 Å². The first-order valence-electron chi connectivity index (χ1n) is 6.86. The van der Waals surface area contributed by atoms with Gasteiger partial charge < -0.3 is 9.47 Å². The van der Waals surface area contributed by atoms with Crippen LogP contribution in [0.25, 0.3) is 0 Å². The molecule has 0 saturated carbocycles. The molecule has 0 saturated heterocycles. The molecule has 0 unspecified atom stereocenters. The molecule has 5 heteroatoms. The van der Waals surface area contributed by atoms with E-state index in [0.29, 0.717) is 0 Å². The Bertz CT molecular complexity index is 643. The van der Waals surface area contributed by atoms with Gasteiger partial charge in [-0.25, -0.2) is 0 Å². The van der Waals surface area contributed by atoms with E-state index < -0.39 is 0 Å². The maximum absolute atomic E-state index is 5.17. The summed E-state index contributed by atoms with van der Waals surface area (Å²) in [6, 6.07) is 15.7. The molecule has 112 valence electrons. The molecule has 0 N–H and O–H groups in total. The first-order chi connectivity index (χ1) is 10.8. The summed E-state index contributed by atoms with van der Waals surface area (Å²) in [6.45, 7) is 0. The van der Waals surface area contributed by atoms with Crippen molar-refractivity contribution in [3.05, 3.63) is 59.7 Å². The zero-order valence-electron chi connectivity index (χ0n) is 12.4. The molecule has 0 aromatic heterocycles. The molecule has 0 radical (unpaired) electrons. The molecular formula is C17H16N2O2S. The van der Waals surface area contributed by atoms with E-state index in [0.717, 1.165) is 39.1 Å². The standard InChI is InChI=1S/C17H16N2O2S/c1-20-14-7-3-12(4-8-14)16-11-22-17(19-18-16)13-5-9-15(21-2)10-6-13/h3-10H,11H2,1-2H3. The van der Waals surface area contributed by atoms with E-state index in [1.807, 2.05) is 48.5 Å². The molecule has 2 aromatic carbocycles. The fourth-order valence-electron chi connectivity index (χ4n) is 2.10. The second-order valence-electron chi connectivity index (χ2n) is 4.70. The Kier molecular flexibility index (Phi) is 4.44. The minimum Gasteiger partial charge on any atom is -0.497 e. The third-order valence-electron chi connectivity index (χ3n) is 3.37. The lowest BCUT2D eigenvalue weighted by molar-refractivity contribution is 0.414. The molecule has 0 amide bonds. The summed E-state index contributed by atoms with van der Waals surface area (Å²) in [5.41, 5.74) is 3.11. The highest BCUT2D eigenvalue weighted by atomic mass is 32.2. The number of hydrogen-bond donors (Lipinski definition) is 0. The highest BCUT2D eigenvalue weighted by molar-refractivity contribution is 8.15. The van der Waals surface area contributed by atoms with E-state index in [1.165, 1.54) is 0 Å². The molecule has 3 rings (SSSR count). The van der Waals surface area contributed by atoms with Gasteiger partial charge in [0, 0.05) is 11.3 Å². The number of ether oxygens (including phenoxy) is 2. The minimum absolute atomic E-state index is 0.803. The predicted molar refractivity (Wildman–Crippen MR) is 91.5 cm³/mol. The molecule has 4 nitrogen and oxygen atoms in total. The van der Waals surface area contributed by atoms with E-state index >= 15 is 0 Å². The average molecular weight is 312 g/mol. The summed E-state index contributed by atoms with van der Waals surface area (Å²) in [7, 11) is 3.32. The van der Waals surface area contributed by atoms with Crippen molar-refractivity contribution in [1.82, 2.24) is 0 Å². The van der Waals surface area contributed by atoms with E-state index in [-0.39, 0.29) is 0 Å². The lowest BCUT2D eigenvalue weighted by Gasteiger charge is -2.12. The third kappa shape index (κ3) is 3.14. The Morgan fingerprint density at radius 3 is 1.77 bits per heavy atom. The van der Waals surface area contributed by atoms with Gasteiger partial charge in [-0.05, 0) is 54.1 Å². The van der Waals surface area contributed by atoms with Crippen LogP contribution in [0.15, 0.2) is 58.7 Å². The molecule has 0 atom stereocenters. The lowest BCUT2D eigenvalue weighted by atomic mass is 10.1. The normalized spacial score (nSPS) is 14.1. The van der Waals surface area contributed by atoms with Crippen LogP contribution < -0.4 is 9.47 Å². The van der Waals surface area contributed by atoms with Crippen LogP contribution in [0.5, 0.6) is 11.5 Å². The van der Waals surface area contributed by atoms with E-state index in [2.05, 4.69) is 10.2 Å². The highest BCUT2D eigenvalue weighted by Gasteiger charge is 2.14. The van der Waals surface area contributed by atoms with Crippen LogP contribution in [0.3, 0.4) is 0 Å². The summed E-state index contributed by atoms with van der Waals surface area (Å²) in [6.07, 6.45) is 0. The lowest BCUT2D eigenvalue weighted by Crippen LogP contribution is -2.11. The second kappa shape index (κ2) is 6.66. The molecule has 0 aliphatic carbocycles. The van der Waals surface area contributed by atoms with Crippen LogP contribution in [0.4, 0.5) is 0 Å². The molecule has 0 bridgehead atoms. The number of benzene rings is 2. The monoisotopic (exact) mass is 312 g/mol. The Balaban J connectivity index is 1.80. The van der Waals surface area contributed by atoms with Crippen molar-refractivity contribution < 1.29 is 9.47 Å². The second-order valence-corrected chi connectivity index (χ2v) is 5.66. The molecule has 2 aromatic rings. The van der Waals surface area contributed by atoms with Gasteiger partial charge in [0.15, 0.2) is 0 Å². The first-order valence-corrected chi connectivity index (χ1v) is 7.85. The molecule has 0 spiro atoms. The number of thioether (sulfide) groups is 1. The quantitative estimate of drug-likeness (QED) is 0.866. The van der Waals surface area contributed by atoms with Crippen LogP contribution in [0, 0.1) is 0 Å². The maximum Gasteiger partial charge on any atom is 0.126 e. The zero-order chi connectivity index (χ0) is 15.4. The Morgan fingerprint density at radius 2 is 1.32 bits per heavy atom. The van der Waals surface area contributed by atoms with Crippen LogP contribution in [0.2, 0.25) is 0 Å². The van der Waals surface area contributed by atoms with Crippen molar-refractivity contribution in [2.24, 2.45) is 10.2 Å². The van der Waals surface area contributed by atoms with Gasteiger partial charge in [0.05, 0.1) is 19.9 Å².